The third kappa shape index (κ3) is 59.6. The van der Waals surface area contributed by atoms with Gasteiger partial charge in [0.2, 0.25) is 0 Å². The average Bonchev–Trinajstić information content (AvgIpc) is 3.20. The maximum absolute atomic E-state index is 4.35. The number of hydrogen-bond acceptors (Lipinski definition) is 0. The molecule has 0 aliphatic heterocycles. The minimum Gasteiger partial charge on any atom is -0.0999 e. The van der Waals surface area contributed by atoms with Crippen LogP contribution in [-0.4, -0.2) is 0 Å². The van der Waals surface area contributed by atoms with E-state index in [9.17, 15) is 0 Å². The fourth-order valence-corrected chi connectivity index (χ4v) is 7.64. The lowest BCUT2D eigenvalue weighted by Crippen LogP contribution is -2.03. The van der Waals surface area contributed by atoms with E-state index < -0.39 is 0 Å². The summed E-state index contributed by atoms with van der Waals surface area (Å²) in [5.41, 5.74) is 2.92. The van der Waals surface area contributed by atoms with Crippen LogP contribution in [-0.2, 0) is 0 Å². The molecule has 0 aromatic carbocycles. The standard InChI is InChI=1S/C24H48.C17H36.C10H20.C6H12/c1-6-9-11-13-14-16-18-24(17-15-12-10-7-2)20-19-23(5)21-22(4)8-3;1-4-7-9-11-12-14-16-17(6-3)15-13-10-8-5-2;1-4-6-7-8-9-10(3)5-2;1-4-5-6(2)3/h22,24H,5-21H2,1-4H3;17H,4-16H2,1-3H3;3-9H2,1-2H3;4-6H,1-3H3/b;;;5-4-. The second-order valence-electron chi connectivity index (χ2n) is 18.6. The lowest BCUT2D eigenvalue weighted by molar-refractivity contribution is 0.378. The molecule has 0 spiro atoms. The van der Waals surface area contributed by atoms with Crippen LogP contribution in [0.5, 0.6) is 0 Å². The Morgan fingerprint density at radius 3 is 1.11 bits per heavy atom. The van der Waals surface area contributed by atoms with Crippen LogP contribution in [0.4, 0.5) is 0 Å². The number of unbranched alkanes of at least 4 members (excludes halogenated alkanes) is 19. The molecule has 0 radical (unpaired) electrons. The highest BCUT2D eigenvalue weighted by Crippen LogP contribution is 2.27. The van der Waals surface area contributed by atoms with E-state index in [1.54, 1.807) is 0 Å². The van der Waals surface area contributed by atoms with E-state index in [0.717, 1.165) is 30.1 Å². The van der Waals surface area contributed by atoms with E-state index in [1.165, 1.54) is 229 Å². The average molecular weight is 802 g/mol. The van der Waals surface area contributed by atoms with Crippen LogP contribution in [0.1, 0.15) is 308 Å². The molecule has 344 valence electrons. The van der Waals surface area contributed by atoms with Gasteiger partial charge in [-0.05, 0) is 69.1 Å². The summed E-state index contributed by atoms with van der Waals surface area (Å²) in [7, 11) is 0. The summed E-state index contributed by atoms with van der Waals surface area (Å²) < 4.78 is 0. The van der Waals surface area contributed by atoms with E-state index in [-0.39, 0.29) is 0 Å². The Morgan fingerprint density at radius 1 is 0.404 bits per heavy atom. The van der Waals surface area contributed by atoms with Gasteiger partial charge in [0.05, 0.1) is 0 Å². The minimum atomic E-state index is 0.718. The highest BCUT2D eigenvalue weighted by molar-refractivity contribution is 4.95. The molecule has 0 aromatic heterocycles. The van der Waals surface area contributed by atoms with Crippen molar-refractivity contribution >= 4 is 0 Å². The van der Waals surface area contributed by atoms with Crippen LogP contribution >= 0.6 is 0 Å². The lowest BCUT2D eigenvalue weighted by Gasteiger charge is -2.19. The zero-order valence-electron chi connectivity index (χ0n) is 42.6. The van der Waals surface area contributed by atoms with E-state index in [4.69, 9.17) is 0 Å². The lowest BCUT2D eigenvalue weighted by atomic mass is 9.87. The molecular weight excluding hydrogens is 685 g/mol. The van der Waals surface area contributed by atoms with Crippen molar-refractivity contribution in [2.45, 2.75) is 308 Å². The molecule has 0 aromatic rings. The highest BCUT2D eigenvalue weighted by Gasteiger charge is 2.11. The monoisotopic (exact) mass is 801 g/mol. The second-order valence-corrected chi connectivity index (χ2v) is 18.6. The molecule has 0 heterocycles. The Labute approximate surface area is 366 Å². The van der Waals surface area contributed by atoms with Crippen LogP contribution in [0.2, 0.25) is 0 Å². The second kappa shape index (κ2) is 55.2. The Balaban J connectivity index is -0.000000367. The predicted octanol–water partition coefficient (Wildman–Crippen LogP) is 22.0. The Bertz CT molecular complexity index is 754. The molecule has 0 saturated heterocycles. The molecule has 0 fully saturated rings. The molecular formula is C57H116. The summed E-state index contributed by atoms with van der Waals surface area (Å²) >= 11 is 0. The zero-order chi connectivity index (χ0) is 43.6. The molecule has 0 heteroatoms. The van der Waals surface area contributed by atoms with Crippen molar-refractivity contribution in [1.29, 1.82) is 0 Å². The molecule has 0 amide bonds. The third-order valence-electron chi connectivity index (χ3n) is 12.1. The molecule has 0 saturated carbocycles. The molecule has 0 aliphatic carbocycles. The van der Waals surface area contributed by atoms with Gasteiger partial charge in [-0.2, -0.15) is 0 Å². The maximum atomic E-state index is 4.35. The number of hydrogen-bond donors (Lipinski definition) is 0. The van der Waals surface area contributed by atoms with Crippen molar-refractivity contribution in [3.05, 3.63) is 36.5 Å². The number of rotatable bonds is 38. The van der Waals surface area contributed by atoms with E-state index in [1.807, 2.05) is 6.92 Å². The zero-order valence-corrected chi connectivity index (χ0v) is 42.6. The summed E-state index contributed by atoms with van der Waals surface area (Å²) in [4.78, 5) is 0. The molecule has 0 rings (SSSR count). The van der Waals surface area contributed by atoms with Crippen molar-refractivity contribution in [2.75, 3.05) is 0 Å². The van der Waals surface area contributed by atoms with Gasteiger partial charge in [-0.3, -0.25) is 0 Å². The first-order chi connectivity index (χ1) is 27.6. The Kier molecular flexibility index (Phi) is 60.9. The summed E-state index contributed by atoms with van der Waals surface area (Å²) in [6, 6.07) is 0. The van der Waals surface area contributed by atoms with E-state index in [2.05, 4.69) is 101 Å². The van der Waals surface area contributed by atoms with Crippen molar-refractivity contribution in [3.8, 4) is 0 Å². The molecule has 0 aliphatic rings. The van der Waals surface area contributed by atoms with Crippen LogP contribution in [0, 0.1) is 23.7 Å². The molecule has 57 heavy (non-hydrogen) atoms. The number of allylic oxidation sites excluding steroid dienone is 4. The van der Waals surface area contributed by atoms with E-state index in [0.29, 0.717) is 0 Å². The molecule has 0 bridgehead atoms. The normalized spacial score (nSPS) is 12.6. The van der Waals surface area contributed by atoms with Crippen LogP contribution in [0.25, 0.3) is 0 Å². The van der Waals surface area contributed by atoms with Crippen LogP contribution in [0.3, 0.4) is 0 Å². The third-order valence-corrected chi connectivity index (χ3v) is 12.1. The Morgan fingerprint density at radius 2 is 0.772 bits per heavy atom. The van der Waals surface area contributed by atoms with Crippen molar-refractivity contribution in [3.63, 3.8) is 0 Å². The van der Waals surface area contributed by atoms with Gasteiger partial charge < -0.3 is 0 Å². The first-order valence-electron chi connectivity index (χ1n) is 26.5. The fourth-order valence-electron chi connectivity index (χ4n) is 7.64. The predicted molar refractivity (Wildman–Crippen MR) is 271 cm³/mol. The maximum Gasteiger partial charge on any atom is -0.0291 e. The van der Waals surface area contributed by atoms with Crippen molar-refractivity contribution in [2.24, 2.45) is 23.7 Å². The SMILES string of the molecule is C/C=C\C(C)C.C=C(CC)CCCCCC.C=C(CCC(CCCCCC)CCCCCCCC)CC(C)CC.CCCCCCCCC(CC)CCCCCC. The van der Waals surface area contributed by atoms with Crippen molar-refractivity contribution < 1.29 is 0 Å². The van der Waals surface area contributed by atoms with E-state index >= 15 is 0 Å². The quantitative estimate of drug-likeness (QED) is 0.0431. The molecule has 3 atom stereocenters. The minimum absolute atomic E-state index is 0.718. The van der Waals surface area contributed by atoms with Gasteiger partial charge >= 0.3 is 0 Å². The van der Waals surface area contributed by atoms with Gasteiger partial charge in [0.15, 0.2) is 0 Å². The van der Waals surface area contributed by atoms with Crippen LogP contribution in [0.15, 0.2) is 36.5 Å². The molecule has 0 N–H and O–H groups in total. The summed E-state index contributed by atoms with van der Waals surface area (Å²) in [5, 5.41) is 0. The first-order valence-corrected chi connectivity index (χ1v) is 26.5. The van der Waals surface area contributed by atoms with Gasteiger partial charge in [-0.1, -0.05) is 299 Å². The fraction of sp³-hybridized carbons (Fsp3) is 0.895. The van der Waals surface area contributed by atoms with Gasteiger partial charge in [0.1, 0.15) is 0 Å². The topological polar surface area (TPSA) is 0 Å². The summed E-state index contributed by atoms with van der Waals surface area (Å²) in [5.74, 6) is 3.52. The molecule has 0 nitrogen and oxygen atoms in total. The first kappa shape index (κ1) is 62.9. The van der Waals surface area contributed by atoms with Gasteiger partial charge in [-0.15, -0.1) is 0 Å². The summed E-state index contributed by atoms with van der Waals surface area (Å²) in [6.45, 7) is 35.4. The van der Waals surface area contributed by atoms with Gasteiger partial charge in [0.25, 0.3) is 0 Å². The summed E-state index contributed by atoms with van der Waals surface area (Å²) in [6.07, 6.45) is 53.3. The van der Waals surface area contributed by atoms with Gasteiger partial charge in [0, 0.05) is 0 Å². The molecule has 3 unspecified atom stereocenters. The highest BCUT2D eigenvalue weighted by atomic mass is 14.2. The Hall–Kier alpha value is -0.780. The van der Waals surface area contributed by atoms with Crippen LogP contribution < -0.4 is 0 Å². The van der Waals surface area contributed by atoms with Gasteiger partial charge in [-0.25, -0.2) is 0 Å². The largest absolute Gasteiger partial charge is 0.0999 e. The van der Waals surface area contributed by atoms with Crippen molar-refractivity contribution in [1.82, 2.24) is 0 Å². The smallest absolute Gasteiger partial charge is 0.0291 e.